The second-order valence-corrected chi connectivity index (χ2v) is 6.49. The Hall–Kier alpha value is -2.89. The Morgan fingerprint density at radius 1 is 1.46 bits per heavy atom. The van der Waals surface area contributed by atoms with Crippen LogP contribution >= 0.6 is 12.2 Å². The van der Waals surface area contributed by atoms with Crippen LogP contribution in [0.25, 0.3) is 10.9 Å². The van der Waals surface area contributed by atoms with Crippen LogP contribution in [0.4, 0.5) is 11.4 Å². The number of nitrogens with zero attached hydrogens (tertiary/aromatic N) is 5. The Morgan fingerprint density at radius 2 is 2.21 bits per heavy atom. The fourth-order valence-electron chi connectivity index (χ4n) is 2.90. The highest BCUT2D eigenvalue weighted by Gasteiger charge is 2.22. The lowest BCUT2D eigenvalue weighted by atomic mass is 10.2. The molecular weight excluding hydrogens is 384 g/mol. The third-order valence-corrected chi connectivity index (χ3v) is 4.51. The van der Waals surface area contributed by atoms with Gasteiger partial charge in [0.25, 0.3) is 5.69 Å². The van der Waals surface area contributed by atoms with Gasteiger partial charge in [-0.25, -0.2) is 0 Å². The van der Waals surface area contributed by atoms with Gasteiger partial charge in [0, 0.05) is 37.2 Å². The van der Waals surface area contributed by atoms with Gasteiger partial charge in [-0.15, -0.1) is 16.8 Å². The maximum absolute atomic E-state index is 11.2. The maximum Gasteiger partial charge on any atom is 0.270 e. The van der Waals surface area contributed by atoms with Crippen molar-refractivity contribution >= 4 is 39.6 Å². The number of aromatic nitrogens is 1. The summed E-state index contributed by atoms with van der Waals surface area (Å²) in [6.45, 7) is 7.07. The van der Waals surface area contributed by atoms with E-state index in [1.54, 1.807) is 16.7 Å². The van der Waals surface area contributed by atoms with Crippen LogP contribution in [0.1, 0.15) is 0 Å². The van der Waals surface area contributed by atoms with Gasteiger partial charge in [-0.1, -0.05) is 6.08 Å². The number of nitro benzene ring substituents is 1. The third kappa shape index (κ3) is 4.32. The van der Waals surface area contributed by atoms with Crippen molar-refractivity contribution in [2.45, 2.75) is 6.67 Å². The van der Waals surface area contributed by atoms with Crippen molar-refractivity contribution in [1.82, 2.24) is 14.8 Å². The number of rotatable bonds is 6. The molecule has 0 atom stereocenters. The summed E-state index contributed by atoms with van der Waals surface area (Å²) in [7, 11) is 0. The number of thiocarbonyl (C=S) groups is 1. The van der Waals surface area contributed by atoms with Gasteiger partial charge in [-0.3, -0.25) is 19.6 Å². The second-order valence-electron chi connectivity index (χ2n) is 6.11. The smallest absolute Gasteiger partial charge is 0.270 e. The number of hydrogen-bond acceptors (Lipinski definition) is 7. The van der Waals surface area contributed by atoms with Gasteiger partial charge in [0.1, 0.15) is 0 Å². The van der Waals surface area contributed by atoms with Crippen LogP contribution in [-0.2, 0) is 11.4 Å². The molecule has 11 heteroatoms. The number of non-ortho nitro benzene ring substituents is 1. The number of ether oxygens (including phenoxy) is 1. The third-order valence-electron chi connectivity index (χ3n) is 4.29. The van der Waals surface area contributed by atoms with Crippen LogP contribution in [0.5, 0.6) is 5.88 Å². The Bertz CT molecular complexity index is 935. The van der Waals surface area contributed by atoms with Crippen molar-refractivity contribution in [2.24, 2.45) is 10.2 Å². The number of morpholine rings is 1. The van der Waals surface area contributed by atoms with Crippen molar-refractivity contribution in [3.63, 3.8) is 0 Å². The van der Waals surface area contributed by atoms with E-state index in [0.29, 0.717) is 37.3 Å². The molecular formula is C17H20N6O4S. The Labute approximate surface area is 166 Å². The fourth-order valence-corrected chi connectivity index (χ4v) is 3.02. The van der Waals surface area contributed by atoms with E-state index in [1.807, 2.05) is 0 Å². The van der Waals surface area contributed by atoms with Crippen molar-refractivity contribution in [3.05, 3.63) is 41.0 Å². The Kier molecular flexibility index (Phi) is 6.29. The molecule has 1 aliphatic rings. The van der Waals surface area contributed by atoms with E-state index in [1.165, 1.54) is 12.1 Å². The van der Waals surface area contributed by atoms with Gasteiger partial charge in [-0.05, 0) is 18.3 Å². The van der Waals surface area contributed by atoms with Crippen LogP contribution in [0, 0.1) is 10.1 Å². The van der Waals surface area contributed by atoms with Crippen LogP contribution < -0.4 is 5.32 Å². The summed E-state index contributed by atoms with van der Waals surface area (Å²) in [5.74, 6) is -0.128. The summed E-state index contributed by atoms with van der Waals surface area (Å²) < 4.78 is 7.00. The first-order valence-electron chi connectivity index (χ1n) is 8.61. The monoisotopic (exact) mass is 404 g/mol. The molecule has 0 amide bonds. The molecule has 0 aliphatic carbocycles. The standard InChI is InChI=1S/C17H20N6O4S/c1-2-5-18-17(28)20-19-15-13-10-12(23(25)26)3-4-14(13)22(16(15)24)11-21-6-8-27-9-7-21/h2-4,10,24H,1,5-9,11H2,(H,18,28). The first-order chi connectivity index (χ1) is 13.5. The molecule has 1 aromatic heterocycles. The van der Waals surface area contributed by atoms with E-state index in [-0.39, 0.29) is 22.4 Å². The molecule has 3 rings (SSSR count). The zero-order valence-electron chi connectivity index (χ0n) is 15.1. The van der Waals surface area contributed by atoms with Gasteiger partial charge in [0.05, 0.1) is 30.3 Å². The minimum absolute atomic E-state index is 0.0974. The zero-order valence-corrected chi connectivity index (χ0v) is 15.9. The van der Waals surface area contributed by atoms with E-state index >= 15 is 0 Å². The van der Waals surface area contributed by atoms with Crippen molar-refractivity contribution in [3.8, 4) is 5.88 Å². The molecule has 2 N–H and O–H groups in total. The van der Waals surface area contributed by atoms with E-state index < -0.39 is 4.92 Å². The molecule has 0 bridgehead atoms. The number of aromatic hydroxyl groups is 1. The minimum atomic E-state index is -0.493. The molecule has 28 heavy (non-hydrogen) atoms. The van der Waals surface area contributed by atoms with Crippen molar-refractivity contribution in [1.29, 1.82) is 0 Å². The highest BCUT2D eigenvalue weighted by molar-refractivity contribution is 7.80. The van der Waals surface area contributed by atoms with Gasteiger partial charge in [-0.2, -0.15) is 0 Å². The second kappa shape index (κ2) is 8.87. The average Bonchev–Trinajstić information content (AvgIpc) is 2.96. The largest absolute Gasteiger partial charge is 0.493 e. The summed E-state index contributed by atoms with van der Waals surface area (Å²) in [4.78, 5) is 12.8. The summed E-state index contributed by atoms with van der Waals surface area (Å²) in [6, 6.07) is 4.37. The molecule has 1 aliphatic heterocycles. The molecule has 1 saturated heterocycles. The first kappa shape index (κ1) is 19.9. The van der Waals surface area contributed by atoms with E-state index in [4.69, 9.17) is 17.0 Å². The van der Waals surface area contributed by atoms with Crippen LogP contribution in [-0.4, -0.2) is 57.5 Å². The van der Waals surface area contributed by atoms with Gasteiger partial charge >= 0.3 is 0 Å². The highest BCUT2D eigenvalue weighted by atomic mass is 32.1. The number of benzene rings is 1. The SMILES string of the molecule is C=CCNC(=S)N=Nc1c(O)n(CN2CCOCC2)c2ccc([N+](=O)[O-])cc12. The summed E-state index contributed by atoms with van der Waals surface area (Å²) in [5, 5.41) is 33.2. The molecule has 10 nitrogen and oxygen atoms in total. The normalized spacial score (nSPS) is 15.1. The van der Waals surface area contributed by atoms with Crippen LogP contribution in [0.2, 0.25) is 0 Å². The molecule has 2 heterocycles. The molecule has 148 valence electrons. The molecule has 2 aromatic rings. The van der Waals surface area contributed by atoms with Crippen molar-refractivity contribution in [2.75, 3.05) is 32.8 Å². The van der Waals surface area contributed by atoms with Crippen molar-refractivity contribution < 1.29 is 14.8 Å². The predicted octanol–water partition coefficient (Wildman–Crippen LogP) is 2.69. The Morgan fingerprint density at radius 3 is 2.89 bits per heavy atom. The quantitative estimate of drug-likeness (QED) is 0.250. The number of nitro groups is 1. The van der Waals surface area contributed by atoms with Crippen LogP contribution in [0.15, 0.2) is 41.1 Å². The molecule has 0 radical (unpaired) electrons. The zero-order chi connectivity index (χ0) is 20.1. The maximum atomic E-state index is 11.2. The number of hydrogen-bond donors (Lipinski definition) is 2. The predicted molar refractivity (Wildman–Crippen MR) is 108 cm³/mol. The lowest BCUT2D eigenvalue weighted by molar-refractivity contribution is -0.384. The van der Waals surface area contributed by atoms with Crippen LogP contribution in [0.3, 0.4) is 0 Å². The lowest BCUT2D eigenvalue weighted by Gasteiger charge is -2.27. The van der Waals surface area contributed by atoms with E-state index in [9.17, 15) is 15.2 Å². The molecule has 1 aromatic carbocycles. The summed E-state index contributed by atoms with van der Waals surface area (Å²) in [5.41, 5.74) is 0.656. The van der Waals surface area contributed by atoms with E-state index in [0.717, 1.165) is 13.1 Å². The number of nitrogens with one attached hydrogen (secondary N) is 1. The lowest BCUT2D eigenvalue weighted by Crippen LogP contribution is -2.37. The van der Waals surface area contributed by atoms with Gasteiger partial charge in [0.2, 0.25) is 11.0 Å². The summed E-state index contributed by atoms with van der Waals surface area (Å²) >= 11 is 5.05. The highest BCUT2D eigenvalue weighted by Crippen LogP contribution is 2.40. The fraction of sp³-hybridized carbons (Fsp3) is 0.353. The summed E-state index contributed by atoms with van der Waals surface area (Å²) in [6.07, 6.45) is 1.62. The first-order valence-corrected chi connectivity index (χ1v) is 9.02. The molecule has 0 unspecified atom stereocenters. The topological polar surface area (TPSA) is 118 Å². The molecule has 1 fully saturated rings. The van der Waals surface area contributed by atoms with Gasteiger partial charge in [0.15, 0.2) is 5.69 Å². The number of azo groups is 1. The Balaban J connectivity index is 2.01. The molecule has 0 saturated carbocycles. The van der Waals surface area contributed by atoms with E-state index in [2.05, 4.69) is 27.0 Å². The minimum Gasteiger partial charge on any atom is -0.493 e. The average molecular weight is 404 g/mol. The molecule has 0 spiro atoms. The van der Waals surface area contributed by atoms with Gasteiger partial charge < -0.3 is 15.2 Å². The number of fused-ring (bicyclic) bond motifs is 1.